The van der Waals surface area contributed by atoms with E-state index >= 15 is 0 Å². The van der Waals surface area contributed by atoms with Crippen LogP contribution in [0.5, 0.6) is 0 Å². The lowest BCUT2D eigenvalue weighted by Gasteiger charge is -1.96. The summed E-state index contributed by atoms with van der Waals surface area (Å²) in [6.07, 6.45) is 1.34. The Kier molecular flexibility index (Phi) is 4.11. The van der Waals surface area contributed by atoms with E-state index in [4.69, 9.17) is 11.6 Å². The first-order chi connectivity index (χ1) is 6.26. The van der Waals surface area contributed by atoms with Gasteiger partial charge in [-0.3, -0.25) is 4.79 Å². The van der Waals surface area contributed by atoms with Crippen LogP contribution in [-0.2, 0) is 10.7 Å². The number of nitrogens with one attached hydrogen (secondary N) is 1. The van der Waals surface area contributed by atoms with Gasteiger partial charge in [0.25, 0.3) is 0 Å². The number of amides is 1. The molecule has 0 unspecified atom stereocenters. The van der Waals surface area contributed by atoms with Crippen LogP contribution in [0.1, 0.15) is 24.8 Å². The van der Waals surface area contributed by atoms with Crippen LogP contribution in [0.4, 0.5) is 5.13 Å². The number of carbonyl (C=O) groups is 1. The highest BCUT2D eigenvalue weighted by Crippen LogP contribution is 2.16. The first kappa shape index (κ1) is 10.4. The van der Waals surface area contributed by atoms with Crippen LogP contribution in [0.25, 0.3) is 0 Å². The van der Waals surface area contributed by atoms with Gasteiger partial charge in [-0.1, -0.05) is 18.3 Å². The molecule has 0 saturated carbocycles. The minimum absolute atomic E-state index is 0.0280. The Morgan fingerprint density at radius 1 is 1.62 bits per heavy atom. The SMILES string of the molecule is CCCC(=O)Nc1nnc(CCl)s1. The highest BCUT2D eigenvalue weighted by Gasteiger charge is 2.05. The van der Waals surface area contributed by atoms with Crippen LogP contribution in [0.2, 0.25) is 0 Å². The molecule has 0 saturated heterocycles. The summed E-state index contributed by atoms with van der Waals surface area (Å²) in [6.45, 7) is 1.95. The van der Waals surface area contributed by atoms with E-state index in [2.05, 4.69) is 15.5 Å². The van der Waals surface area contributed by atoms with Crippen molar-refractivity contribution in [2.45, 2.75) is 25.6 Å². The molecule has 1 heterocycles. The number of carbonyl (C=O) groups excluding carboxylic acids is 1. The van der Waals surface area contributed by atoms with Crippen LogP contribution < -0.4 is 5.32 Å². The number of anilines is 1. The number of rotatable bonds is 4. The van der Waals surface area contributed by atoms with E-state index in [1.54, 1.807) is 0 Å². The summed E-state index contributed by atoms with van der Waals surface area (Å²) in [4.78, 5) is 11.1. The first-order valence-electron chi connectivity index (χ1n) is 3.94. The second-order valence-electron chi connectivity index (χ2n) is 2.43. The molecular formula is C7H10ClN3OS. The maximum Gasteiger partial charge on any atom is 0.226 e. The summed E-state index contributed by atoms with van der Waals surface area (Å²) < 4.78 is 0. The Morgan fingerprint density at radius 3 is 2.92 bits per heavy atom. The molecule has 4 nitrogen and oxygen atoms in total. The molecule has 1 N–H and O–H groups in total. The molecule has 6 heteroatoms. The van der Waals surface area contributed by atoms with E-state index in [1.807, 2.05) is 6.92 Å². The average molecular weight is 220 g/mol. The van der Waals surface area contributed by atoms with Gasteiger partial charge in [0.2, 0.25) is 11.0 Å². The minimum Gasteiger partial charge on any atom is -0.301 e. The van der Waals surface area contributed by atoms with Crippen LogP contribution in [0, 0.1) is 0 Å². The number of aromatic nitrogens is 2. The van der Waals surface area contributed by atoms with E-state index in [9.17, 15) is 4.79 Å². The molecule has 0 radical (unpaired) electrons. The van der Waals surface area contributed by atoms with Crippen LogP contribution in [-0.4, -0.2) is 16.1 Å². The summed E-state index contributed by atoms with van der Waals surface area (Å²) in [6, 6.07) is 0. The topological polar surface area (TPSA) is 54.9 Å². The third-order valence-electron chi connectivity index (χ3n) is 1.30. The number of halogens is 1. The van der Waals surface area contributed by atoms with Gasteiger partial charge >= 0.3 is 0 Å². The number of hydrogen-bond donors (Lipinski definition) is 1. The van der Waals surface area contributed by atoms with Gasteiger partial charge in [-0.05, 0) is 6.42 Å². The zero-order valence-corrected chi connectivity index (χ0v) is 8.78. The molecule has 1 aromatic rings. The van der Waals surface area contributed by atoms with Gasteiger partial charge in [0.15, 0.2) is 0 Å². The van der Waals surface area contributed by atoms with Crippen molar-refractivity contribution >= 4 is 34.0 Å². The second-order valence-corrected chi connectivity index (χ2v) is 3.76. The zero-order valence-electron chi connectivity index (χ0n) is 7.21. The molecule has 1 rings (SSSR count). The molecule has 0 aliphatic heterocycles. The lowest BCUT2D eigenvalue weighted by Crippen LogP contribution is -2.10. The summed E-state index contributed by atoms with van der Waals surface area (Å²) in [5, 5.41) is 11.4. The number of alkyl halides is 1. The van der Waals surface area contributed by atoms with Gasteiger partial charge in [0.05, 0.1) is 5.88 Å². The lowest BCUT2D eigenvalue weighted by atomic mass is 10.3. The summed E-state index contributed by atoms with van der Waals surface area (Å²) in [7, 11) is 0. The number of nitrogens with zero attached hydrogens (tertiary/aromatic N) is 2. The quantitative estimate of drug-likeness (QED) is 0.789. The molecule has 0 bridgehead atoms. The van der Waals surface area contributed by atoms with Gasteiger partial charge < -0.3 is 5.32 Å². The average Bonchev–Trinajstić information content (AvgIpc) is 2.52. The van der Waals surface area contributed by atoms with Crippen molar-refractivity contribution in [3.63, 3.8) is 0 Å². The molecule has 0 atom stereocenters. The normalized spacial score (nSPS) is 10.0. The fourth-order valence-electron chi connectivity index (χ4n) is 0.767. The van der Waals surface area contributed by atoms with Crippen LogP contribution in [0.3, 0.4) is 0 Å². The zero-order chi connectivity index (χ0) is 9.68. The Bertz CT molecular complexity index is 289. The van der Waals surface area contributed by atoms with Gasteiger partial charge in [0, 0.05) is 6.42 Å². The molecule has 1 amide bonds. The van der Waals surface area contributed by atoms with Gasteiger partial charge in [0.1, 0.15) is 5.01 Å². The molecular weight excluding hydrogens is 210 g/mol. The lowest BCUT2D eigenvalue weighted by molar-refractivity contribution is -0.116. The fraction of sp³-hybridized carbons (Fsp3) is 0.571. The summed E-state index contributed by atoms with van der Waals surface area (Å²) >= 11 is 6.83. The van der Waals surface area contributed by atoms with Crippen molar-refractivity contribution < 1.29 is 4.79 Å². The van der Waals surface area contributed by atoms with Crippen molar-refractivity contribution in [2.75, 3.05) is 5.32 Å². The summed E-state index contributed by atoms with van der Waals surface area (Å²) in [5.74, 6) is 0.307. The molecule has 72 valence electrons. The van der Waals surface area contributed by atoms with Crippen LogP contribution >= 0.6 is 22.9 Å². The summed E-state index contributed by atoms with van der Waals surface area (Å²) in [5.41, 5.74) is 0. The fourth-order valence-corrected chi connectivity index (χ4v) is 1.59. The van der Waals surface area contributed by atoms with Crippen molar-refractivity contribution in [3.05, 3.63) is 5.01 Å². The Morgan fingerprint density at radius 2 is 2.38 bits per heavy atom. The molecule has 0 aliphatic rings. The largest absolute Gasteiger partial charge is 0.301 e. The van der Waals surface area contributed by atoms with Crippen LogP contribution in [0.15, 0.2) is 0 Å². The first-order valence-corrected chi connectivity index (χ1v) is 5.29. The van der Waals surface area contributed by atoms with Crippen molar-refractivity contribution in [1.82, 2.24) is 10.2 Å². The standard InChI is InChI=1S/C7H10ClN3OS/c1-2-3-5(12)9-7-11-10-6(4-8)13-7/h2-4H2,1H3,(H,9,11,12). The Labute approximate surface area is 85.3 Å². The predicted molar refractivity (Wildman–Crippen MR) is 53.0 cm³/mol. The van der Waals surface area contributed by atoms with Crippen molar-refractivity contribution in [2.24, 2.45) is 0 Å². The van der Waals surface area contributed by atoms with Gasteiger partial charge in [-0.2, -0.15) is 0 Å². The van der Waals surface area contributed by atoms with E-state index in [-0.39, 0.29) is 5.91 Å². The molecule has 0 fully saturated rings. The van der Waals surface area contributed by atoms with Crippen molar-refractivity contribution in [1.29, 1.82) is 0 Å². The van der Waals surface area contributed by atoms with E-state index < -0.39 is 0 Å². The maximum atomic E-state index is 11.1. The minimum atomic E-state index is -0.0280. The molecule has 0 spiro atoms. The Hall–Kier alpha value is -0.680. The second kappa shape index (κ2) is 5.14. The third-order valence-corrected chi connectivity index (χ3v) is 2.55. The number of hydrogen-bond acceptors (Lipinski definition) is 4. The van der Waals surface area contributed by atoms with E-state index in [0.717, 1.165) is 6.42 Å². The van der Waals surface area contributed by atoms with Gasteiger partial charge in [-0.25, -0.2) is 0 Å². The highest BCUT2D eigenvalue weighted by atomic mass is 35.5. The highest BCUT2D eigenvalue weighted by molar-refractivity contribution is 7.15. The van der Waals surface area contributed by atoms with E-state index in [0.29, 0.717) is 22.4 Å². The third kappa shape index (κ3) is 3.28. The molecule has 1 aromatic heterocycles. The molecule has 13 heavy (non-hydrogen) atoms. The monoisotopic (exact) mass is 219 g/mol. The smallest absolute Gasteiger partial charge is 0.226 e. The molecule has 0 aliphatic carbocycles. The molecule has 0 aromatic carbocycles. The van der Waals surface area contributed by atoms with E-state index in [1.165, 1.54) is 11.3 Å². The maximum absolute atomic E-state index is 11.1. The predicted octanol–water partition coefficient (Wildman–Crippen LogP) is 2.02. The Balaban J connectivity index is 2.49. The van der Waals surface area contributed by atoms with Crippen molar-refractivity contribution in [3.8, 4) is 0 Å². The van der Waals surface area contributed by atoms with Gasteiger partial charge in [-0.15, -0.1) is 21.8 Å².